The molecule has 0 bridgehead atoms. The Labute approximate surface area is 128 Å². The molecule has 1 saturated heterocycles. The molecule has 0 saturated carbocycles. The van der Waals surface area contributed by atoms with Crippen molar-refractivity contribution in [2.75, 3.05) is 6.54 Å². The predicted octanol–water partition coefficient (Wildman–Crippen LogP) is 2.78. The van der Waals surface area contributed by atoms with Gasteiger partial charge in [-0.05, 0) is 33.6 Å². The maximum Gasteiger partial charge on any atom is 0.266 e. The van der Waals surface area contributed by atoms with E-state index < -0.39 is 0 Å². The Morgan fingerprint density at radius 1 is 1.33 bits per heavy atom. The van der Waals surface area contributed by atoms with Crippen molar-refractivity contribution in [2.45, 2.75) is 39.7 Å². The number of likely N-dealkylation sites (tertiary alicyclic amines) is 1. The molecule has 0 spiro atoms. The molecule has 0 unspecified atom stereocenters. The van der Waals surface area contributed by atoms with Crippen LogP contribution in [-0.2, 0) is 7.05 Å². The average Bonchev–Trinajstić information content (AvgIpc) is 3.11. The van der Waals surface area contributed by atoms with Crippen molar-refractivity contribution in [3.05, 3.63) is 33.0 Å². The van der Waals surface area contributed by atoms with E-state index in [1.807, 2.05) is 30.5 Å². The van der Waals surface area contributed by atoms with Gasteiger partial charge in [0.15, 0.2) is 0 Å². The largest absolute Gasteiger partial charge is 0.331 e. The normalized spacial score (nSPS) is 18.5. The quantitative estimate of drug-likeness (QED) is 0.857. The number of aryl methyl sites for hydroxylation is 3. The summed E-state index contributed by atoms with van der Waals surface area (Å²) in [4.78, 5) is 19.8. The molecule has 0 radical (unpaired) electrons. The second kappa shape index (κ2) is 5.26. The van der Waals surface area contributed by atoms with E-state index in [4.69, 9.17) is 0 Å². The number of carbonyl (C=O) groups is 1. The number of hydrogen-bond donors (Lipinski definition) is 0. The first-order valence-corrected chi connectivity index (χ1v) is 8.09. The standard InChI is InChI=1S/C15H20N4OS/c1-9-13(11(3)18(4)17-9)12-6-5-7-19(12)15(20)14-10(2)16-8-21-14/h8,12H,5-7H2,1-4H3/t12-/m1/s1. The molecule has 1 fully saturated rings. The first kappa shape index (κ1) is 14.3. The maximum absolute atomic E-state index is 12.8. The van der Waals surface area contributed by atoms with Crippen molar-refractivity contribution in [1.82, 2.24) is 19.7 Å². The zero-order valence-corrected chi connectivity index (χ0v) is 13.7. The van der Waals surface area contributed by atoms with Crippen LogP contribution in [-0.4, -0.2) is 32.1 Å². The summed E-state index contributed by atoms with van der Waals surface area (Å²) in [6, 6.07) is 0.146. The summed E-state index contributed by atoms with van der Waals surface area (Å²) in [6.07, 6.45) is 2.05. The van der Waals surface area contributed by atoms with E-state index in [0.29, 0.717) is 0 Å². The SMILES string of the molecule is Cc1ncsc1C(=O)N1CCC[C@@H]1c1c(C)nn(C)c1C. The molecule has 0 aliphatic carbocycles. The van der Waals surface area contributed by atoms with Crippen LogP contribution in [0.1, 0.15) is 51.2 Å². The van der Waals surface area contributed by atoms with Crippen LogP contribution in [0, 0.1) is 20.8 Å². The highest BCUT2D eigenvalue weighted by Gasteiger charge is 2.34. The Morgan fingerprint density at radius 2 is 2.10 bits per heavy atom. The highest BCUT2D eigenvalue weighted by molar-refractivity contribution is 7.11. The van der Waals surface area contributed by atoms with Gasteiger partial charge in [-0.25, -0.2) is 4.98 Å². The van der Waals surface area contributed by atoms with Crippen LogP contribution < -0.4 is 0 Å². The molecule has 3 heterocycles. The molecule has 3 rings (SSSR count). The van der Waals surface area contributed by atoms with Gasteiger partial charge in [0, 0.05) is 24.8 Å². The van der Waals surface area contributed by atoms with E-state index in [0.717, 1.165) is 41.3 Å². The maximum atomic E-state index is 12.8. The number of nitrogens with zero attached hydrogens (tertiary/aromatic N) is 4. The molecule has 0 N–H and O–H groups in total. The Kier molecular flexibility index (Phi) is 3.57. The summed E-state index contributed by atoms with van der Waals surface area (Å²) >= 11 is 1.43. The summed E-state index contributed by atoms with van der Waals surface area (Å²) in [7, 11) is 1.96. The topological polar surface area (TPSA) is 51.0 Å². The van der Waals surface area contributed by atoms with Gasteiger partial charge in [-0.1, -0.05) is 0 Å². The van der Waals surface area contributed by atoms with Gasteiger partial charge in [0.25, 0.3) is 5.91 Å². The first-order valence-electron chi connectivity index (χ1n) is 7.22. The minimum atomic E-state index is 0.111. The molecule has 1 aliphatic heterocycles. The van der Waals surface area contributed by atoms with Crippen LogP contribution in [0.3, 0.4) is 0 Å². The van der Waals surface area contributed by atoms with E-state index in [2.05, 4.69) is 17.0 Å². The van der Waals surface area contributed by atoms with Gasteiger partial charge in [-0.15, -0.1) is 11.3 Å². The first-order chi connectivity index (χ1) is 10.0. The van der Waals surface area contributed by atoms with Gasteiger partial charge in [-0.3, -0.25) is 9.48 Å². The van der Waals surface area contributed by atoms with Gasteiger partial charge >= 0.3 is 0 Å². The lowest BCUT2D eigenvalue weighted by Gasteiger charge is -2.25. The summed E-state index contributed by atoms with van der Waals surface area (Å²) in [5.74, 6) is 0.111. The third kappa shape index (κ3) is 2.27. The lowest BCUT2D eigenvalue weighted by atomic mass is 10.0. The highest BCUT2D eigenvalue weighted by Crippen LogP contribution is 2.36. The molecule has 5 nitrogen and oxygen atoms in total. The highest BCUT2D eigenvalue weighted by atomic mass is 32.1. The minimum Gasteiger partial charge on any atom is -0.331 e. The number of amides is 1. The molecule has 0 aromatic carbocycles. The van der Waals surface area contributed by atoms with E-state index >= 15 is 0 Å². The van der Waals surface area contributed by atoms with Gasteiger partial charge in [0.2, 0.25) is 0 Å². The molecule has 6 heteroatoms. The average molecular weight is 304 g/mol. The number of thiazole rings is 1. The number of carbonyl (C=O) groups excluding carboxylic acids is 1. The van der Waals surface area contributed by atoms with E-state index in [9.17, 15) is 4.79 Å². The van der Waals surface area contributed by atoms with E-state index in [1.54, 1.807) is 5.51 Å². The third-order valence-electron chi connectivity index (χ3n) is 4.35. The number of rotatable bonds is 2. The fraction of sp³-hybridized carbons (Fsp3) is 0.533. The van der Waals surface area contributed by atoms with Crippen molar-refractivity contribution < 1.29 is 4.79 Å². The second-order valence-corrected chi connectivity index (χ2v) is 6.49. The van der Waals surface area contributed by atoms with Crippen LogP contribution in [0.25, 0.3) is 0 Å². The van der Waals surface area contributed by atoms with Gasteiger partial charge in [0.1, 0.15) is 4.88 Å². The predicted molar refractivity (Wildman–Crippen MR) is 82.5 cm³/mol. The second-order valence-electron chi connectivity index (χ2n) is 5.63. The molecule has 112 valence electrons. The van der Waals surface area contributed by atoms with Crippen LogP contribution in [0.2, 0.25) is 0 Å². The Balaban J connectivity index is 1.96. The van der Waals surface area contributed by atoms with Gasteiger partial charge < -0.3 is 4.90 Å². The van der Waals surface area contributed by atoms with E-state index in [-0.39, 0.29) is 11.9 Å². The minimum absolute atomic E-state index is 0.111. The Morgan fingerprint density at radius 3 is 2.67 bits per heavy atom. The number of hydrogen-bond acceptors (Lipinski definition) is 4. The monoisotopic (exact) mass is 304 g/mol. The van der Waals surface area contributed by atoms with Crippen molar-refractivity contribution in [1.29, 1.82) is 0 Å². The molecular weight excluding hydrogens is 284 g/mol. The van der Waals surface area contributed by atoms with Crippen LogP contribution in [0.15, 0.2) is 5.51 Å². The molecule has 1 atom stereocenters. The fourth-order valence-electron chi connectivity index (χ4n) is 3.22. The lowest BCUT2D eigenvalue weighted by Crippen LogP contribution is -2.31. The number of aromatic nitrogens is 3. The lowest BCUT2D eigenvalue weighted by molar-refractivity contribution is 0.0739. The summed E-state index contributed by atoms with van der Waals surface area (Å²) in [5.41, 5.74) is 5.97. The van der Waals surface area contributed by atoms with Crippen molar-refractivity contribution in [2.24, 2.45) is 7.05 Å². The van der Waals surface area contributed by atoms with Crippen LogP contribution >= 0.6 is 11.3 Å². The third-order valence-corrected chi connectivity index (χ3v) is 5.27. The van der Waals surface area contributed by atoms with Crippen molar-refractivity contribution >= 4 is 17.2 Å². The van der Waals surface area contributed by atoms with Gasteiger partial charge in [-0.2, -0.15) is 5.10 Å². The Hall–Kier alpha value is -1.69. The smallest absolute Gasteiger partial charge is 0.266 e. The van der Waals surface area contributed by atoms with Crippen molar-refractivity contribution in [3.8, 4) is 0 Å². The summed E-state index contributed by atoms with van der Waals surface area (Å²) in [5, 5.41) is 4.50. The summed E-state index contributed by atoms with van der Waals surface area (Å²) < 4.78 is 1.91. The summed E-state index contributed by atoms with van der Waals surface area (Å²) in [6.45, 7) is 6.82. The van der Waals surface area contributed by atoms with E-state index in [1.165, 1.54) is 16.9 Å². The zero-order valence-electron chi connectivity index (χ0n) is 12.9. The van der Waals surface area contributed by atoms with Gasteiger partial charge in [0.05, 0.1) is 22.9 Å². The molecule has 1 amide bonds. The van der Waals surface area contributed by atoms with Crippen LogP contribution in [0.5, 0.6) is 0 Å². The van der Waals surface area contributed by atoms with Crippen molar-refractivity contribution in [3.63, 3.8) is 0 Å². The zero-order chi connectivity index (χ0) is 15.1. The molecular formula is C15H20N4OS. The molecule has 1 aliphatic rings. The molecule has 2 aromatic rings. The Bertz CT molecular complexity index is 688. The molecule has 21 heavy (non-hydrogen) atoms. The molecule has 2 aromatic heterocycles. The fourth-order valence-corrected chi connectivity index (χ4v) is 3.98. The van der Waals surface area contributed by atoms with Crippen LogP contribution in [0.4, 0.5) is 0 Å².